The van der Waals surface area contributed by atoms with Crippen molar-refractivity contribution < 1.29 is 9.53 Å². The number of aromatic nitrogens is 2. The number of carbonyl (C=O) groups is 1. The van der Waals surface area contributed by atoms with Gasteiger partial charge in [0.25, 0.3) is 5.91 Å². The molecule has 104 valence electrons. The Morgan fingerprint density at radius 3 is 2.65 bits per heavy atom. The van der Waals surface area contributed by atoms with Crippen LogP contribution in [0.3, 0.4) is 0 Å². The maximum atomic E-state index is 11.5. The fourth-order valence-electron chi connectivity index (χ4n) is 2.03. The van der Waals surface area contributed by atoms with Crippen LogP contribution in [0.5, 0.6) is 5.88 Å². The number of aryl methyl sites for hydroxylation is 1. The van der Waals surface area contributed by atoms with Crippen LogP contribution in [-0.2, 0) is 0 Å². The summed E-state index contributed by atoms with van der Waals surface area (Å²) in [5, 5.41) is 0. The fraction of sp³-hybridized carbons (Fsp3) is 0.214. The number of nitrogens with zero attached hydrogens (tertiary/aromatic N) is 2. The Labute approximate surface area is 116 Å². The SMILES string of the molecule is C/C=C/c1c(N)c(C(N)=O)cc2nc(OC)c(C)nc12. The number of benzene rings is 1. The number of amides is 1. The molecule has 1 aromatic heterocycles. The van der Waals surface area contributed by atoms with Crippen molar-refractivity contribution in [3.05, 3.63) is 29.0 Å². The van der Waals surface area contributed by atoms with E-state index in [2.05, 4.69) is 9.97 Å². The van der Waals surface area contributed by atoms with Gasteiger partial charge < -0.3 is 16.2 Å². The zero-order valence-electron chi connectivity index (χ0n) is 11.6. The largest absolute Gasteiger partial charge is 0.480 e. The minimum Gasteiger partial charge on any atom is -0.480 e. The van der Waals surface area contributed by atoms with E-state index in [1.807, 2.05) is 13.0 Å². The maximum Gasteiger partial charge on any atom is 0.250 e. The predicted octanol–water partition coefficient (Wildman–Crippen LogP) is 1.66. The van der Waals surface area contributed by atoms with Crippen molar-refractivity contribution in [3.63, 3.8) is 0 Å². The van der Waals surface area contributed by atoms with Crippen LogP contribution in [0, 0.1) is 6.92 Å². The van der Waals surface area contributed by atoms with Crippen LogP contribution in [0.4, 0.5) is 5.69 Å². The molecule has 0 saturated heterocycles. The highest BCUT2D eigenvalue weighted by Crippen LogP contribution is 2.29. The molecule has 0 spiro atoms. The Morgan fingerprint density at radius 1 is 1.40 bits per heavy atom. The third-order valence-corrected chi connectivity index (χ3v) is 2.96. The Kier molecular flexibility index (Phi) is 3.56. The molecule has 0 bridgehead atoms. The van der Waals surface area contributed by atoms with Gasteiger partial charge in [-0.2, -0.15) is 0 Å². The van der Waals surface area contributed by atoms with Crippen LogP contribution in [0.15, 0.2) is 12.1 Å². The standard InChI is InChI=1S/C14H16N4O2/c1-4-5-8-11(15)9(13(16)19)6-10-12(8)17-7(2)14(18-10)20-3/h4-6H,15H2,1-3H3,(H2,16,19)/b5-4+. The van der Waals surface area contributed by atoms with Gasteiger partial charge in [-0.05, 0) is 19.9 Å². The molecule has 0 fully saturated rings. The lowest BCUT2D eigenvalue weighted by Gasteiger charge is -2.11. The van der Waals surface area contributed by atoms with Crippen LogP contribution >= 0.6 is 0 Å². The summed E-state index contributed by atoms with van der Waals surface area (Å²) in [5.41, 5.74) is 14.3. The van der Waals surface area contributed by atoms with Crippen LogP contribution in [0.2, 0.25) is 0 Å². The summed E-state index contributed by atoms with van der Waals surface area (Å²) >= 11 is 0. The Hall–Kier alpha value is -2.63. The fourth-order valence-corrected chi connectivity index (χ4v) is 2.03. The molecule has 0 atom stereocenters. The highest BCUT2D eigenvalue weighted by atomic mass is 16.5. The van der Waals surface area contributed by atoms with Crippen molar-refractivity contribution in [3.8, 4) is 5.88 Å². The lowest BCUT2D eigenvalue weighted by molar-refractivity contribution is 0.100. The van der Waals surface area contributed by atoms with Gasteiger partial charge in [-0.25, -0.2) is 9.97 Å². The Morgan fingerprint density at radius 2 is 2.10 bits per heavy atom. The number of fused-ring (bicyclic) bond motifs is 1. The molecule has 0 aliphatic rings. The number of rotatable bonds is 3. The van der Waals surface area contributed by atoms with Crippen LogP contribution in [0.1, 0.15) is 28.5 Å². The normalized spacial score (nSPS) is 11.2. The lowest BCUT2D eigenvalue weighted by Crippen LogP contribution is -2.15. The van der Waals surface area contributed by atoms with Crippen molar-refractivity contribution in [1.29, 1.82) is 0 Å². The maximum absolute atomic E-state index is 11.5. The Bertz CT molecular complexity index is 723. The molecule has 20 heavy (non-hydrogen) atoms. The summed E-state index contributed by atoms with van der Waals surface area (Å²) in [6.07, 6.45) is 3.60. The summed E-state index contributed by atoms with van der Waals surface area (Å²) in [5.74, 6) is -0.194. The lowest BCUT2D eigenvalue weighted by atomic mass is 10.0. The smallest absolute Gasteiger partial charge is 0.250 e. The number of hydrogen-bond acceptors (Lipinski definition) is 5. The molecular formula is C14H16N4O2. The monoisotopic (exact) mass is 272 g/mol. The zero-order valence-corrected chi connectivity index (χ0v) is 11.6. The molecule has 0 aliphatic carbocycles. The first-order valence-electron chi connectivity index (χ1n) is 6.06. The first-order valence-corrected chi connectivity index (χ1v) is 6.06. The third-order valence-electron chi connectivity index (χ3n) is 2.96. The van der Waals surface area contributed by atoms with Crippen molar-refractivity contribution in [2.24, 2.45) is 5.73 Å². The minimum atomic E-state index is -0.600. The number of primary amides is 1. The summed E-state index contributed by atoms with van der Waals surface area (Å²) in [7, 11) is 1.52. The third kappa shape index (κ3) is 2.16. The molecular weight excluding hydrogens is 256 g/mol. The summed E-state index contributed by atoms with van der Waals surface area (Å²) in [6.45, 7) is 3.65. The van der Waals surface area contributed by atoms with E-state index in [-0.39, 0.29) is 5.56 Å². The first-order chi connectivity index (χ1) is 9.49. The van der Waals surface area contributed by atoms with Crippen molar-refractivity contribution in [2.45, 2.75) is 13.8 Å². The van der Waals surface area contributed by atoms with Gasteiger partial charge in [0.15, 0.2) is 0 Å². The molecule has 6 heteroatoms. The molecule has 2 rings (SSSR count). The van der Waals surface area contributed by atoms with Crippen molar-refractivity contribution >= 4 is 28.7 Å². The summed E-state index contributed by atoms with van der Waals surface area (Å²) in [6, 6.07) is 1.54. The molecule has 4 N–H and O–H groups in total. The molecule has 2 aromatic rings. The van der Waals surface area contributed by atoms with Gasteiger partial charge in [0.2, 0.25) is 5.88 Å². The average molecular weight is 272 g/mol. The van der Waals surface area contributed by atoms with Gasteiger partial charge in [-0.1, -0.05) is 12.2 Å². The molecule has 0 radical (unpaired) electrons. The molecule has 6 nitrogen and oxygen atoms in total. The number of ether oxygens (including phenoxy) is 1. The zero-order chi connectivity index (χ0) is 14.9. The van der Waals surface area contributed by atoms with E-state index in [9.17, 15) is 4.79 Å². The molecule has 0 aliphatic heterocycles. The van der Waals surface area contributed by atoms with E-state index in [4.69, 9.17) is 16.2 Å². The van der Waals surface area contributed by atoms with E-state index in [0.29, 0.717) is 33.9 Å². The first kappa shape index (κ1) is 13.8. The van der Waals surface area contributed by atoms with E-state index < -0.39 is 5.91 Å². The van der Waals surface area contributed by atoms with Gasteiger partial charge in [0.05, 0.1) is 29.4 Å². The van der Waals surface area contributed by atoms with E-state index in [1.54, 1.807) is 13.0 Å². The second-order valence-corrected chi connectivity index (χ2v) is 4.30. The molecule has 1 heterocycles. The number of allylic oxidation sites excluding steroid dienone is 1. The molecule has 1 aromatic carbocycles. The highest BCUT2D eigenvalue weighted by Gasteiger charge is 2.16. The van der Waals surface area contributed by atoms with E-state index in [0.717, 1.165) is 0 Å². The number of nitrogen functional groups attached to an aromatic ring is 1. The van der Waals surface area contributed by atoms with Crippen LogP contribution in [-0.4, -0.2) is 23.0 Å². The van der Waals surface area contributed by atoms with Gasteiger partial charge in [0.1, 0.15) is 5.69 Å². The van der Waals surface area contributed by atoms with Crippen molar-refractivity contribution in [2.75, 3.05) is 12.8 Å². The number of methoxy groups -OCH3 is 1. The highest BCUT2D eigenvalue weighted by molar-refractivity contribution is 6.05. The molecule has 0 unspecified atom stereocenters. The molecule has 1 amide bonds. The number of carbonyl (C=O) groups excluding carboxylic acids is 1. The quantitative estimate of drug-likeness (QED) is 0.827. The Balaban J connectivity index is 2.92. The van der Waals surface area contributed by atoms with Gasteiger partial charge >= 0.3 is 0 Å². The average Bonchev–Trinajstić information content (AvgIpc) is 2.41. The van der Waals surface area contributed by atoms with Crippen molar-refractivity contribution in [1.82, 2.24) is 9.97 Å². The van der Waals surface area contributed by atoms with Gasteiger partial charge in [0, 0.05) is 5.56 Å². The topological polar surface area (TPSA) is 104 Å². The second-order valence-electron chi connectivity index (χ2n) is 4.30. The van der Waals surface area contributed by atoms with E-state index >= 15 is 0 Å². The summed E-state index contributed by atoms with van der Waals surface area (Å²) in [4.78, 5) is 20.3. The number of anilines is 1. The summed E-state index contributed by atoms with van der Waals surface area (Å²) < 4.78 is 5.14. The predicted molar refractivity (Wildman–Crippen MR) is 78.5 cm³/mol. The van der Waals surface area contributed by atoms with Gasteiger partial charge in [-0.15, -0.1) is 0 Å². The molecule has 0 saturated carbocycles. The van der Waals surface area contributed by atoms with Crippen LogP contribution < -0.4 is 16.2 Å². The van der Waals surface area contributed by atoms with Gasteiger partial charge in [-0.3, -0.25) is 4.79 Å². The number of nitrogens with two attached hydrogens (primary N) is 2. The van der Waals surface area contributed by atoms with Crippen LogP contribution in [0.25, 0.3) is 17.1 Å². The second kappa shape index (κ2) is 5.16. The van der Waals surface area contributed by atoms with E-state index in [1.165, 1.54) is 13.2 Å². The number of hydrogen-bond donors (Lipinski definition) is 2. The minimum absolute atomic E-state index is 0.228.